The van der Waals surface area contributed by atoms with Crippen LogP contribution in [0.5, 0.6) is 5.75 Å². The van der Waals surface area contributed by atoms with Gasteiger partial charge in [-0.1, -0.05) is 0 Å². The van der Waals surface area contributed by atoms with Crippen LogP contribution in [0.4, 0.5) is 11.4 Å². The number of nitrogens with one attached hydrogen (secondary N) is 1. The molecule has 2 rings (SSSR count). The second-order valence-corrected chi connectivity index (χ2v) is 6.39. The number of benzene rings is 1. The number of nitrogens with two attached hydrogens (primary N) is 1. The molecule has 0 spiro atoms. The fraction of sp³-hybridized carbons (Fsp3) is 0.417. The van der Waals surface area contributed by atoms with Crippen molar-refractivity contribution in [1.82, 2.24) is 0 Å². The summed E-state index contributed by atoms with van der Waals surface area (Å²) >= 11 is 0. The molecule has 1 aromatic carbocycles. The summed E-state index contributed by atoms with van der Waals surface area (Å²) in [6, 6.07) is 4.82. The maximum atomic E-state index is 11.9. The van der Waals surface area contributed by atoms with E-state index in [4.69, 9.17) is 10.5 Å². The Kier molecular flexibility index (Phi) is 4.15. The Labute approximate surface area is 117 Å². The molecule has 1 aliphatic rings. The zero-order valence-corrected chi connectivity index (χ0v) is 11.9. The molecule has 0 bridgehead atoms. The summed E-state index contributed by atoms with van der Waals surface area (Å²) in [5.41, 5.74) is 6.22. The standard InChI is InChI=1S/C12H17N3O4S/c1-19-11-7-9(14-12(16)8-13)3-4-10(11)15-5-2-6-20(15,17)18/h3-4,7H,2,5-6,8,13H2,1H3,(H,14,16). The van der Waals surface area contributed by atoms with Crippen LogP contribution in [0.2, 0.25) is 0 Å². The van der Waals surface area contributed by atoms with Crippen molar-refractivity contribution in [3.63, 3.8) is 0 Å². The van der Waals surface area contributed by atoms with Crippen molar-refractivity contribution >= 4 is 27.3 Å². The Morgan fingerprint density at radius 1 is 1.50 bits per heavy atom. The van der Waals surface area contributed by atoms with E-state index in [0.29, 0.717) is 30.1 Å². The molecule has 0 atom stereocenters. The monoisotopic (exact) mass is 299 g/mol. The van der Waals surface area contributed by atoms with Crippen molar-refractivity contribution < 1.29 is 17.9 Å². The molecule has 7 nitrogen and oxygen atoms in total. The minimum atomic E-state index is -3.27. The molecule has 0 radical (unpaired) electrons. The number of carbonyl (C=O) groups excluding carboxylic acids is 1. The second kappa shape index (κ2) is 5.68. The maximum absolute atomic E-state index is 11.9. The first-order chi connectivity index (χ1) is 9.47. The molecule has 110 valence electrons. The molecule has 20 heavy (non-hydrogen) atoms. The van der Waals surface area contributed by atoms with Gasteiger partial charge >= 0.3 is 0 Å². The molecule has 1 aliphatic heterocycles. The van der Waals surface area contributed by atoms with E-state index in [1.807, 2.05) is 0 Å². The normalized spacial score (nSPS) is 17.0. The molecular weight excluding hydrogens is 282 g/mol. The number of methoxy groups -OCH3 is 1. The van der Waals surface area contributed by atoms with Crippen LogP contribution >= 0.6 is 0 Å². The molecule has 0 saturated carbocycles. The van der Waals surface area contributed by atoms with E-state index in [0.717, 1.165) is 0 Å². The number of sulfonamides is 1. The third-order valence-electron chi connectivity index (χ3n) is 3.02. The summed E-state index contributed by atoms with van der Waals surface area (Å²) in [5, 5.41) is 2.59. The topological polar surface area (TPSA) is 102 Å². The number of amides is 1. The summed E-state index contributed by atoms with van der Waals surface area (Å²) in [6.45, 7) is 0.317. The van der Waals surface area contributed by atoms with E-state index in [1.165, 1.54) is 11.4 Å². The third-order valence-corrected chi connectivity index (χ3v) is 4.87. The number of hydrogen-bond donors (Lipinski definition) is 2. The first kappa shape index (κ1) is 14.6. The lowest BCUT2D eigenvalue weighted by atomic mass is 10.2. The van der Waals surface area contributed by atoms with Crippen molar-refractivity contribution in [3.8, 4) is 5.75 Å². The van der Waals surface area contributed by atoms with Crippen LogP contribution in [0.15, 0.2) is 18.2 Å². The first-order valence-corrected chi connectivity index (χ1v) is 7.77. The number of rotatable bonds is 4. The summed E-state index contributed by atoms with van der Waals surface area (Å²) in [5.74, 6) is 0.209. The van der Waals surface area contributed by atoms with Crippen LogP contribution in [0.3, 0.4) is 0 Å². The molecule has 3 N–H and O–H groups in total. The number of hydrogen-bond acceptors (Lipinski definition) is 5. The zero-order chi connectivity index (χ0) is 14.8. The van der Waals surface area contributed by atoms with Crippen LogP contribution in [-0.2, 0) is 14.8 Å². The van der Waals surface area contributed by atoms with Gasteiger partial charge in [0.2, 0.25) is 15.9 Å². The molecule has 0 aliphatic carbocycles. The lowest BCUT2D eigenvalue weighted by molar-refractivity contribution is -0.114. The van der Waals surface area contributed by atoms with Gasteiger partial charge in [0.1, 0.15) is 5.75 Å². The highest BCUT2D eigenvalue weighted by molar-refractivity contribution is 7.93. The highest BCUT2D eigenvalue weighted by Gasteiger charge is 2.30. The molecule has 0 unspecified atom stereocenters. The summed E-state index contributed by atoms with van der Waals surface area (Å²) in [6.07, 6.45) is 0.594. The van der Waals surface area contributed by atoms with E-state index < -0.39 is 10.0 Å². The van der Waals surface area contributed by atoms with Gasteiger partial charge in [-0.25, -0.2) is 8.42 Å². The highest BCUT2D eigenvalue weighted by Crippen LogP contribution is 2.35. The average molecular weight is 299 g/mol. The predicted octanol–water partition coefficient (Wildman–Crippen LogP) is 0.132. The van der Waals surface area contributed by atoms with Gasteiger partial charge in [0, 0.05) is 18.3 Å². The molecule has 1 amide bonds. The molecular formula is C12H17N3O4S. The minimum Gasteiger partial charge on any atom is -0.494 e. The Balaban J connectivity index is 2.33. The third kappa shape index (κ3) is 2.86. The molecule has 1 aromatic rings. The van der Waals surface area contributed by atoms with Gasteiger partial charge in [-0.05, 0) is 18.6 Å². The summed E-state index contributed by atoms with van der Waals surface area (Å²) < 4.78 is 30.4. The van der Waals surface area contributed by atoms with Crippen LogP contribution in [-0.4, -0.2) is 40.3 Å². The molecule has 1 saturated heterocycles. The van der Waals surface area contributed by atoms with Crippen molar-refractivity contribution in [3.05, 3.63) is 18.2 Å². The Morgan fingerprint density at radius 3 is 2.80 bits per heavy atom. The summed E-state index contributed by atoms with van der Waals surface area (Å²) in [7, 11) is -1.81. The van der Waals surface area contributed by atoms with Crippen molar-refractivity contribution in [2.24, 2.45) is 5.73 Å². The van der Waals surface area contributed by atoms with Gasteiger partial charge in [0.05, 0.1) is 25.1 Å². The van der Waals surface area contributed by atoms with Gasteiger partial charge in [0.15, 0.2) is 0 Å². The van der Waals surface area contributed by atoms with Gasteiger partial charge in [-0.3, -0.25) is 9.10 Å². The number of ether oxygens (including phenoxy) is 1. The van der Waals surface area contributed by atoms with E-state index in [1.54, 1.807) is 18.2 Å². The maximum Gasteiger partial charge on any atom is 0.238 e. The molecule has 8 heteroatoms. The van der Waals surface area contributed by atoms with Crippen molar-refractivity contribution in [2.75, 3.05) is 35.6 Å². The van der Waals surface area contributed by atoms with Crippen LogP contribution in [0.1, 0.15) is 6.42 Å². The number of nitrogens with zero attached hydrogens (tertiary/aromatic N) is 1. The van der Waals surface area contributed by atoms with E-state index in [9.17, 15) is 13.2 Å². The lowest BCUT2D eigenvalue weighted by Gasteiger charge is -2.20. The van der Waals surface area contributed by atoms with E-state index in [-0.39, 0.29) is 18.2 Å². The van der Waals surface area contributed by atoms with Crippen molar-refractivity contribution in [1.29, 1.82) is 0 Å². The number of anilines is 2. The van der Waals surface area contributed by atoms with Crippen LogP contribution in [0.25, 0.3) is 0 Å². The zero-order valence-electron chi connectivity index (χ0n) is 11.1. The molecule has 0 aromatic heterocycles. The average Bonchev–Trinajstić information content (AvgIpc) is 2.78. The fourth-order valence-electron chi connectivity index (χ4n) is 2.08. The SMILES string of the molecule is COc1cc(NC(=O)CN)ccc1N1CCCS1(=O)=O. The van der Waals surface area contributed by atoms with Gasteiger partial charge in [-0.15, -0.1) is 0 Å². The second-order valence-electron chi connectivity index (χ2n) is 4.38. The van der Waals surface area contributed by atoms with Gasteiger partial charge < -0.3 is 15.8 Å². The summed E-state index contributed by atoms with van der Waals surface area (Å²) in [4.78, 5) is 11.2. The van der Waals surface area contributed by atoms with E-state index >= 15 is 0 Å². The number of carbonyl (C=O) groups is 1. The molecule has 1 heterocycles. The predicted molar refractivity (Wildman–Crippen MR) is 76.4 cm³/mol. The Hall–Kier alpha value is -1.80. The van der Waals surface area contributed by atoms with Crippen molar-refractivity contribution in [2.45, 2.75) is 6.42 Å². The van der Waals surface area contributed by atoms with Crippen LogP contribution < -0.4 is 20.1 Å². The lowest BCUT2D eigenvalue weighted by Crippen LogP contribution is -2.26. The fourth-order valence-corrected chi connectivity index (χ4v) is 3.66. The Bertz CT molecular complexity index is 615. The molecule has 1 fully saturated rings. The Morgan fingerprint density at radius 2 is 2.25 bits per heavy atom. The van der Waals surface area contributed by atoms with Crippen LogP contribution in [0, 0.1) is 0 Å². The van der Waals surface area contributed by atoms with E-state index in [2.05, 4.69) is 5.32 Å². The first-order valence-electron chi connectivity index (χ1n) is 6.16. The van der Waals surface area contributed by atoms with Gasteiger partial charge in [0.25, 0.3) is 0 Å². The quantitative estimate of drug-likeness (QED) is 0.823. The largest absolute Gasteiger partial charge is 0.494 e. The highest BCUT2D eigenvalue weighted by atomic mass is 32.2. The smallest absolute Gasteiger partial charge is 0.238 e. The minimum absolute atomic E-state index is 0.120. The van der Waals surface area contributed by atoms with Gasteiger partial charge in [-0.2, -0.15) is 0 Å².